The minimum absolute atomic E-state index is 0.0138. The average molecular weight is 269 g/mol. The van der Waals surface area contributed by atoms with E-state index in [0.29, 0.717) is 0 Å². The van der Waals surface area contributed by atoms with Gasteiger partial charge in [0.05, 0.1) is 5.69 Å². The highest BCUT2D eigenvalue weighted by atomic mass is 15.2. The van der Waals surface area contributed by atoms with Crippen LogP contribution in [0.3, 0.4) is 0 Å². The zero-order valence-electron chi connectivity index (χ0n) is 12.2. The normalized spacial score (nSPS) is 14.2. The largest absolute Gasteiger partial charge is 0.323 e. The molecule has 2 N–H and O–H groups in total. The number of nitrogens with zero attached hydrogens (tertiary/aromatic N) is 2. The van der Waals surface area contributed by atoms with Gasteiger partial charge in [-0.05, 0) is 31.2 Å². The fourth-order valence-electron chi connectivity index (χ4n) is 2.42. The number of nitrogens with two attached hydrogens (primary N) is 1. The molecule has 106 valence electrons. The second-order valence-electron chi connectivity index (χ2n) is 5.06. The summed E-state index contributed by atoms with van der Waals surface area (Å²) in [6, 6.07) is 16.6. The van der Waals surface area contributed by atoms with Gasteiger partial charge in [-0.2, -0.15) is 0 Å². The van der Waals surface area contributed by atoms with Gasteiger partial charge in [-0.15, -0.1) is 0 Å². The van der Waals surface area contributed by atoms with Crippen LogP contribution in [0.5, 0.6) is 0 Å². The SMILES string of the molecule is CCN(Cc1ccccn1)C(C)C(N)c1ccccc1. The van der Waals surface area contributed by atoms with Crippen LogP contribution in [0.25, 0.3) is 0 Å². The maximum Gasteiger partial charge on any atom is 0.0544 e. The van der Waals surface area contributed by atoms with Gasteiger partial charge in [0.25, 0.3) is 0 Å². The molecule has 0 saturated heterocycles. The molecule has 2 atom stereocenters. The van der Waals surface area contributed by atoms with Crippen LogP contribution in [0.4, 0.5) is 0 Å². The minimum atomic E-state index is 0.0138. The number of hydrogen-bond acceptors (Lipinski definition) is 3. The van der Waals surface area contributed by atoms with E-state index in [0.717, 1.165) is 18.8 Å². The van der Waals surface area contributed by atoms with Crippen LogP contribution >= 0.6 is 0 Å². The van der Waals surface area contributed by atoms with Crippen LogP contribution in [0, 0.1) is 0 Å². The molecule has 0 aliphatic carbocycles. The molecule has 3 heteroatoms. The first-order valence-electron chi connectivity index (χ1n) is 7.17. The number of rotatable bonds is 6. The summed E-state index contributed by atoms with van der Waals surface area (Å²) >= 11 is 0. The van der Waals surface area contributed by atoms with E-state index in [-0.39, 0.29) is 12.1 Å². The maximum atomic E-state index is 6.41. The first-order chi connectivity index (χ1) is 9.72. The molecular formula is C17H23N3. The van der Waals surface area contributed by atoms with Crippen LogP contribution in [0.1, 0.15) is 31.1 Å². The molecule has 20 heavy (non-hydrogen) atoms. The summed E-state index contributed by atoms with van der Waals surface area (Å²) in [6.45, 7) is 6.14. The molecule has 2 unspecified atom stereocenters. The van der Waals surface area contributed by atoms with E-state index < -0.39 is 0 Å². The fourth-order valence-corrected chi connectivity index (χ4v) is 2.42. The highest BCUT2D eigenvalue weighted by Crippen LogP contribution is 2.19. The lowest BCUT2D eigenvalue weighted by molar-refractivity contribution is 0.183. The first kappa shape index (κ1) is 14.7. The zero-order chi connectivity index (χ0) is 14.4. The van der Waals surface area contributed by atoms with Crippen molar-refractivity contribution in [3.63, 3.8) is 0 Å². The van der Waals surface area contributed by atoms with Gasteiger partial charge in [-0.3, -0.25) is 9.88 Å². The lowest BCUT2D eigenvalue weighted by atomic mass is 10.00. The van der Waals surface area contributed by atoms with Gasteiger partial charge in [-0.25, -0.2) is 0 Å². The van der Waals surface area contributed by atoms with Gasteiger partial charge < -0.3 is 5.73 Å². The molecule has 3 nitrogen and oxygen atoms in total. The smallest absolute Gasteiger partial charge is 0.0544 e. The minimum Gasteiger partial charge on any atom is -0.323 e. The Morgan fingerprint density at radius 3 is 2.40 bits per heavy atom. The summed E-state index contributed by atoms with van der Waals surface area (Å²) in [5.74, 6) is 0. The van der Waals surface area contributed by atoms with Crippen LogP contribution in [-0.2, 0) is 6.54 Å². The predicted molar refractivity (Wildman–Crippen MR) is 83.2 cm³/mol. The van der Waals surface area contributed by atoms with E-state index in [1.54, 1.807) is 0 Å². The number of aromatic nitrogens is 1. The standard InChI is InChI=1S/C17H23N3/c1-3-20(13-16-11-7-8-12-19-16)14(2)17(18)15-9-5-4-6-10-15/h4-12,14,17H,3,13,18H2,1-2H3. The topological polar surface area (TPSA) is 42.2 Å². The van der Waals surface area contributed by atoms with Gasteiger partial charge in [0, 0.05) is 24.8 Å². The van der Waals surface area contributed by atoms with Crippen molar-refractivity contribution < 1.29 is 0 Å². The number of likely N-dealkylation sites (N-methyl/N-ethyl adjacent to an activating group) is 1. The third-order valence-electron chi connectivity index (χ3n) is 3.78. The molecule has 2 aromatic rings. The van der Waals surface area contributed by atoms with Gasteiger partial charge >= 0.3 is 0 Å². The molecule has 0 aliphatic rings. The lowest BCUT2D eigenvalue weighted by Gasteiger charge is -2.32. The van der Waals surface area contributed by atoms with Gasteiger partial charge in [0.2, 0.25) is 0 Å². The van der Waals surface area contributed by atoms with Crippen molar-refractivity contribution in [1.82, 2.24) is 9.88 Å². The molecule has 0 spiro atoms. The summed E-state index contributed by atoms with van der Waals surface area (Å²) in [5, 5.41) is 0. The van der Waals surface area contributed by atoms with Crippen LogP contribution in [-0.4, -0.2) is 22.5 Å². The summed E-state index contributed by atoms with van der Waals surface area (Å²) in [7, 11) is 0. The third-order valence-corrected chi connectivity index (χ3v) is 3.78. The Balaban J connectivity index is 2.07. The Labute approximate surface area is 121 Å². The molecule has 1 aromatic carbocycles. The van der Waals surface area contributed by atoms with Crippen molar-refractivity contribution >= 4 is 0 Å². The molecular weight excluding hydrogens is 246 g/mol. The molecule has 0 bridgehead atoms. The van der Waals surface area contributed by atoms with Gasteiger partial charge in [-0.1, -0.05) is 43.3 Å². The number of pyridine rings is 1. The molecule has 0 radical (unpaired) electrons. The monoisotopic (exact) mass is 269 g/mol. The van der Waals surface area contributed by atoms with E-state index in [4.69, 9.17) is 5.73 Å². The van der Waals surface area contributed by atoms with Crippen molar-refractivity contribution in [3.8, 4) is 0 Å². The molecule has 1 aromatic heterocycles. The molecule has 0 fully saturated rings. The predicted octanol–water partition coefficient (Wildman–Crippen LogP) is 2.99. The van der Waals surface area contributed by atoms with Crippen molar-refractivity contribution in [1.29, 1.82) is 0 Å². The number of hydrogen-bond donors (Lipinski definition) is 1. The number of benzene rings is 1. The van der Waals surface area contributed by atoms with Crippen molar-refractivity contribution in [3.05, 3.63) is 66.0 Å². The Bertz CT molecular complexity index is 498. The highest BCUT2D eigenvalue weighted by molar-refractivity contribution is 5.20. The average Bonchev–Trinajstić information content (AvgIpc) is 2.53. The van der Waals surface area contributed by atoms with Crippen molar-refractivity contribution in [2.45, 2.75) is 32.5 Å². The second-order valence-corrected chi connectivity index (χ2v) is 5.06. The second kappa shape index (κ2) is 7.17. The van der Waals surface area contributed by atoms with Crippen molar-refractivity contribution in [2.75, 3.05) is 6.54 Å². The van der Waals surface area contributed by atoms with E-state index in [1.165, 1.54) is 5.56 Å². The molecule has 0 aliphatic heterocycles. The molecule has 0 saturated carbocycles. The molecule has 1 heterocycles. The summed E-state index contributed by atoms with van der Waals surface area (Å²) in [6.07, 6.45) is 1.84. The zero-order valence-corrected chi connectivity index (χ0v) is 12.2. The van der Waals surface area contributed by atoms with Crippen LogP contribution < -0.4 is 5.73 Å². The molecule has 0 amide bonds. The van der Waals surface area contributed by atoms with Crippen molar-refractivity contribution in [2.24, 2.45) is 5.73 Å². The van der Waals surface area contributed by atoms with Gasteiger partial charge in [0.15, 0.2) is 0 Å². The third kappa shape index (κ3) is 3.65. The van der Waals surface area contributed by atoms with Crippen LogP contribution in [0.2, 0.25) is 0 Å². The summed E-state index contributed by atoms with van der Waals surface area (Å²) in [5.41, 5.74) is 8.67. The summed E-state index contributed by atoms with van der Waals surface area (Å²) in [4.78, 5) is 6.76. The van der Waals surface area contributed by atoms with E-state index >= 15 is 0 Å². The highest BCUT2D eigenvalue weighted by Gasteiger charge is 2.21. The first-order valence-corrected chi connectivity index (χ1v) is 7.17. The van der Waals surface area contributed by atoms with Gasteiger partial charge in [0.1, 0.15) is 0 Å². The Kier molecular flexibility index (Phi) is 5.27. The molecule has 2 rings (SSSR count). The lowest BCUT2D eigenvalue weighted by Crippen LogP contribution is -2.40. The quantitative estimate of drug-likeness (QED) is 0.876. The van der Waals surface area contributed by atoms with E-state index in [1.807, 2.05) is 36.5 Å². The van der Waals surface area contributed by atoms with E-state index in [2.05, 4.69) is 41.9 Å². The summed E-state index contributed by atoms with van der Waals surface area (Å²) < 4.78 is 0. The Hall–Kier alpha value is -1.71. The Morgan fingerprint density at radius 2 is 1.80 bits per heavy atom. The maximum absolute atomic E-state index is 6.41. The van der Waals surface area contributed by atoms with Crippen LogP contribution in [0.15, 0.2) is 54.7 Å². The fraction of sp³-hybridized carbons (Fsp3) is 0.353. The van der Waals surface area contributed by atoms with E-state index in [9.17, 15) is 0 Å². The Morgan fingerprint density at radius 1 is 1.10 bits per heavy atom.